The fraction of sp³-hybridized carbons (Fsp3) is 0.364. The highest BCUT2D eigenvalue weighted by Gasteiger charge is 2.17. The van der Waals surface area contributed by atoms with Crippen LogP contribution in [0.25, 0.3) is 0 Å². The Morgan fingerprint density at radius 2 is 1.87 bits per heavy atom. The van der Waals surface area contributed by atoms with Gasteiger partial charge in [-0.1, -0.05) is 12.1 Å². The van der Waals surface area contributed by atoms with E-state index in [9.17, 15) is 0 Å². The molecule has 2 aromatic carbocycles. The van der Waals surface area contributed by atoms with Gasteiger partial charge in [-0.05, 0) is 43.7 Å². The second-order valence-corrected chi connectivity index (χ2v) is 6.60. The molecule has 8 nitrogen and oxygen atoms in total. The first-order chi connectivity index (χ1) is 14.6. The lowest BCUT2D eigenvalue weighted by atomic mass is 10.1. The maximum Gasteiger partial charge on any atom is 0.171 e. The molecule has 30 heavy (non-hydrogen) atoms. The van der Waals surface area contributed by atoms with Gasteiger partial charge in [-0.3, -0.25) is 5.10 Å². The minimum atomic E-state index is -0.462. The number of hydrogen-bond donors (Lipinski definition) is 3. The standard InChI is InChI=1S/C22H29N5O3/c1-4-29-18-10-9-15(13-19(18)30-5-2)21(23)22-25-20(26-27-22)11-12-24-16-7-6-8-17(14-16)28-3/h6-10,13-14,21,24H,4-5,11-12,23H2,1-3H3,(H,25,26,27)/t21-/m0/s1. The monoisotopic (exact) mass is 411 g/mol. The average Bonchev–Trinajstić information content (AvgIpc) is 3.24. The van der Waals surface area contributed by atoms with Gasteiger partial charge in [0.15, 0.2) is 17.3 Å². The van der Waals surface area contributed by atoms with Gasteiger partial charge in [0.25, 0.3) is 0 Å². The lowest BCUT2D eigenvalue weighted by Gasteiger charge is -2.14. The van der Waals surface area contributed by atoms with Crippen molar-refractivity contribution < 1.29 is 14.2 Å². The first-order valence-electron chi connectivity index (χ1n) is 10.1. The summed E-state index contributed by atoms with van der Waals surface area (Å²) >= 11 is 0. The van der Waals surface area contributed by atoms with Gasteiger partial charge in [-0.25, -0.2) is 4.98 Å². The molecule has 8 heteroatoms. The molecule has 1 atom stereocenters. The largest absolute Gasteiger partial charge is 0.497 e. The van der Waals surface area contributed by atoms with E-state index in [1.54, 1.807) is 7.11 Å². The molecule has 0 unspecified atom stereocenters. The number of nitrogens with zero attached hydrogens (tertiary/aromatic N) is 2. The van der Waals surface area contributed by atoms with Gasteiger partial charge < -0.3 is 25.3 Å². The molecule has 0 aliphatic carbocycles. The zero-order valence-corrected chi connectivity index (χ0v) is 17.6. The number of rotatable bonds is 11. The van der Waals surface area contributed by atoms with Gasteiger partial charge in [-0.2, -0.15) is 5.10 Å². The number of anilines is 1. The number of nitrogens with one attached hydrogen (secondary N) is 2. The molecule has 0 bridgehead atoms. The predicted molar refractivity (Wildman–Crippen MR) is 116 cm³/mol. The van der Waals surface area contributed by atoms with Crippen LogP contribution in [0, 0.1) is 0 Å². The maximum absolute atomic E-state index is 6.40. The number of benzene rings is 2. The Morgan fingerprint density at radius 3 is 2.63 bits per heavy atom. The van der Waals surface area contributed by atoms with Gasteiger partial charge in [0.1, 0.15) is 11.6 Å². The molecular formula is C22H29N5O3. The van der Waals surface area contributed by atoms with E-state index in [2.05, 4.69) is 20.5 Å². The molecule has 160 valence electrons. The summed E-state index contributed by atoms with van der Waals surface area (Å²) in [5.41, 5.74) is 8.25. The van der Waals surface area contributed by atoms with Crippen LogP contribution in [0.4, 0.5) is 5.69 Å². The molecule has 0 aliphatic rings. The number of methoxy groups -OCH3 is 1. The van der Waals surface area contributed by atoms with Crippen molar-refractivity contribution in [3.05, 3.63) is 59.7 Å². The molecule has 4 N–H and O–H groups in total. The van der Waals surface area contributed by atoms with Crippen LogP contribution < -0.4 is 25.3 Å². The molecular weight excluding hydrogens is 382 g/mol. The Bertz CT molecular complexity index is 944. The highest BCUT2D eigenvalue weighted by molar-refractivity contribution is 5.48. The summed E-state index contributed by atoms with van der Waals surface area (Å²) in [5.74, 6) is 3.50. The Kier molecular flexibility index (Phi) is 7.51. The van der Waals surface area contributed by atoms with Crippen molar-refractivity contribution in [3.8, 4) is 17.2 Å². The molecule has 0 saturated heterocycles. The van der Waals surface area contributed by atoms with Crippen molar-refractivity contribution in [1.82, 2.24) is 15.2 Å². The van der Waals surface area contributed by atoms with E-state index in [1.165, 1.54) is 0 Å². The third kappa shape index (κ3) is 5.42. The van der Waals surface area contributed by atoms with E-state index in [0.29, 0.717) is 43.5 Å². The highest BCUT2D eigenvalue weighted by atomic mass is 16.5. The summed E-state index contributed by atoms with van der Waals surface area (Å²) < 4.78 is 16.5. The van der Waals surface area contributed by atoms with Crippen molar-refractivity contribution >= 4 is 5.69 Å². The van der Waals surface area contributed by atoms with Gasteiger partial charge in [0.2, 0.25) is 0 Å². The zero-order valence-electron chi connectivity index (χ0n) is 17.6. The quantitative estimate of drug-likeness (QED) is 0.444. The SMILES string of the molecule is CCOc1ccc([C@H](N)c2n[nH]c(CCNc3cccc(OC)c3)n2)cc1OCC. The van der Waals surface area contributed by atoms with Crippen LogP contribution in [0.5, 0.6) is 17.2 Å². The molecule has 0 spiro atoms. The lowest BCUT2D eigenvalue weighted by Crippen LogP contribution is -2.14. The molecule has 0 aliphatic heterocycles. The van der Waals surface area contributed by atoms with E-state index in [1.807, 2.05) is 56.3 Å². The summed E-state index contributed by atoms with van der Waals surface area (Å²) in [6.45, 7) is 5.69. The number of hydrogen-bond acceptors (Lipinski definition) is 7. The van der Waals surface area contributed by atoms with Crippen LogP contribution >= 0.6 is 0 Å². The summed E-state index contributed by atoms with van der Waals surface area (Å²) in [6, 6.07) is 13.0. The lowest BCUT2D eigenvalue weighted by molar-refractivity contribution is 0.287. The number of ether oxygens (including phenoxy) is 3. The first-order valence-corrected chi connectivity index (χ1v) is 10.1. The van der Waals surface area contributed by atoms with Gasteiger partial charge in [-0.15, -0.1) is 0 Å². The molecule has 3 rings (SSSR count). The number of H-pyrrole nitrogens is 1. The first kappa shape index (κ1) is 21.4. The molecule has 0 amide bonds. The van der Waals surface area contributed by atoms with E-state index in [4.69, 9.17) is 19.9 Å². The van der Waals surface area contributed by atoms with E-state index < -0.39 is 6.04 Å². The smallest absolute Gasteiger partial charge is 0.171 e. The van der Waals surface area contributed by atoms with E-state index in [0.717, 1.165) is 22.8 Å². The maximum atomic E-state index is 6.40. The highest BCUT2D eigenvalue weighted by Crippen LogP contribution is 2.31. The van der Waals surface area contributed by atoms with Crippen molar-refractivity contribution in [2.75, 3.05) is 32.2 Å². The van der Waals surface area contributed by atoms with Crippen LogP contribution in [0.1, 0.15) is 37.1 Å². The van der Waals surface area contributed by atoms with E-state index in [-0.39, 0.29) is 0 Å². The predicted octanol–water partition coefficient (Wildman–Crippen LogP) is 3.31. The minimum Gasteiger partial charge on any atom is -0.497 e. The Labute approximate surface area is 176 Å². The topological polar surface area (TPSA) is 107 Å². The van der Waals surface area contributed by atoms with Gasteiger partial charge >= 0.3 is 0 Å². The molecule has 0 fully saturated rings. The fourth-order valence-corrected chi connectivity index (χ4v) is 3.03. The molecule has 1 heterocycles. The van der Waals surface area contributed by atoms with Crippen molar-refractivity contribution in [1.29, 1.82) is 0 Å². The number of aromatic nitrogens is 3. The minimum absolute atomic E-state index is 0.462. The molecule has 1 aromatic heterocycles. The number of nitrogens with two attached hydrogens (primary N) is 1. The van der Waals surface area contributed by atoms with Crippen LogP contribution in [-0.4, -0.2) is 42.0 Å². The van der Waals surface area contributed by atoms with E-state index >= 15 is 0 Å². The summed E-state index contributed by atoms with van der Waals surface area (Å²) in [5, 5.41) is 10.6. The summed E-state index contributed by atoms with van der Waals surface area (Å²) in [7, 11) is 1.65. The van der Waals surface area contributed by atoms with Gasteiger partial charge in [0, 0.05) is 24.7 Å². The Morgan fingerprint density at radius 1 is 1.07 bits per heavy atom. The Hall–Kier alpha value is -3.26. The van der Waals surface area contributed by atoms with Crippen LogP contribution in [0.3, 0.4) is 0 Å². The number of aromatic amines is 1. The van der Waals surface area contributed by atoms with Crippen LogP contribution in [0.15, 0.2) is 42.5 Å². The van der Waals surface area contributed by atoms with Crippen molar-refractivity contribution in [3.63, 3.8) is 0 Å². The van der Waals surface area contributed by atoms with Crippen LogP contribution in [0.2, 0.25) is 0 Å². The average molecular weight is 412 g/mol. The Balaban J connectivity index is 1.62. The summed E-state index contributed by atoms with van der Waals surface area (Å²) in [6.07, 6.45) is 0.685. The molecule has 0 radical (unpaired) electrons. The van der Waals surface area contributed by atoms with Gasteiger partial charge in [0.05, 0.1) is 26.4 Å². The zero-order chi connectivity index (χ0) is 21.3. The normalized spacial score (nSPS) is 11.7. The summed E-state index contributed by atoms with van der Waals surface area (Å²) in [4.78, 5) is 4.56. The fourth-order valence-electron chi connectivity index (χ4n) is 3.03. The third-order valence-electron chi connectivity index (χ3n) is 4.51. The molecule has 0 saturated carbocycles. The second kappa shape index (κ2) is 10.5. The van der Waals surface area contributed by atoms with Crippen LogP contribution in [-0.2, 0) is 6.42 Å². The molecule has 3 aromatic rings. The second-order valence-electron chi connectivity index (χ2n) is 6.60. The third-order valence-corrected chi connectivity index (χ3v) is 4.51. The van der Waals surface area contributed by atoms with Crippen molar-refractivity contribution in [2.45, 2.75) is 26.3 Å². The van der Waals surface area contributed by atoms with Crippen molar-refractivity contribution in [2.24, 2.45) is 5.73 Å².